The van der Waals surface area contributed by atoms with Gasteiger partial charge in [-0.3, -0.25) is 9.59 Å². The van der Waals surface area contributed by atoms with E-state index in [-0.39, 0.29) is 11.8 Å². The number of hydrogen-bond donors (Lipinski definition) is 1. The van der Waals surface area contributed by atoms with Crippen molar-refractivity contribution in [1.29, 1.82) is 0 Å². The molecule has 3 rings (SSSR count). The van der Waals surface area contributed by atoms with Crippen molar-refractivity contribution < 1.29 is 9.59 Å². The smallest absolute Gasteiger partial charge is 0.243 e. The number of carbonyl (C=O) groups is 2. The summed E-state index contributed by atoms with van der Waals surface area (Å²) in [5, 5.41) is 3.66. The predicted molar refractivity (Wildman–Crippen MR) is 139 cm³/mol. The first-order valence-electron chi connectivity index (χ1n) is 11.8. The number of hydrogen-bond acceptors (Lipinski definition) is 2. The lowest BCUT2D eigenvalue weighted by Crippen LogP contribution is -2.51. The molecule has 0 aliphatic rings. The highest BCUT2D eigenvalue weighted by atomic mass is 35.5. The lowest BCUT2D eigenvalue weighted by atomic mass is 10.0. The minimum absolute atomic E-state index is 0.0514. The molecule has 0 saturated heterocycles. The molecule has 4 nitrogen and oxygen atoms in total. The van der Waals surface area contributed by atoms with Crippen LogP contribution in [0.5, 0.6) is 0 Å². The SMILES string of the molecule is CC(C)CNC(=O)C(Cc1ccccc1)N(Cc1cccc(Cl)c1)C(=O)CCc1ccccc1. The lowest BCUT2D eigenvalue weighted by Gasteiger charge is -2.32. The Kier molecular flexibility index (Phi) is 9.72. The number of carbonyl (C=O) groups excluding carboxylic acids is 2. The molecule has 34 heavy (non-hydrogen) atoms. The molecular formula is C29H33ClN2O2. The summed E-state index contributed by atoms with van der Waals surface area (Å²) in [6.45, 7) is 5.00. The molecule has 0 radical (unpaired) electrons. The molecule has 0 aromatic heterocycles. The summed E-state index contributed by atoms with van der Waals surface area (Å²) in [6, 6.07) is 26.6. The fourth-order valence-corrected chi connectivity index (χ4v) is 4.06. The van der Waals surface area contributed by atoms with Crippen molar-refractivity contribution in [2.24, 2.45) is 5.92 Å². The fraction of sp³-hybridized carbons (Fsp3) is 0.310. The van der Waals surface area contributed by atoms with E-state index in [4.69, 9.17) is 11.6 Å². The molecule has 0 fully saturated rings. The zero-order chi connectivity index (χ0) is 24.3. The van der Waals surface area contributed by atoms with E-state index in [0.29, 0.717) is 43.3 Å². The first-order valence-corrected chi connectivity index (χ1v) is 12.2. The topological polar surface area (TPSA) is 49.4 Å². The Bertz CT molecular complexity index is 1050. The highest BCUT2D eigenvalue weighted by molar-refractivity contribution is 6.30. The van der Waals surface area contributed by atoms with E-state index in [1.165, 1.54) is 0 Å². The Balaban J connectivity index is 1.89. The van der Waals surface area contributed by atoms with E-state index in [1.54, 1.807) is 4.90 Å². The number of nitrogens with zero attached hydrogens (tertiary/aromatic N) is 1. The molecule has 1 N–H and O–H groups in total. The van der Waals surface area contributed by atoms with Crippen molar-refractivity contribution in [3.63, 3.8) is 0 Å². The van der Waals surface area contributed by atoms with Crippen molar-refractivity contribution >= 4 is 23.4 Å². The van der Waals surface area contributed by atoms with Crippen LogP contribution in [0.2, 0.25) is 5.02 Å². The van der Waals surface area contributed by atoms with Crippen molar-refractivity contribution in [3.8, 4) is 0 Å². The summed E-state index contributed by atoms with van der Waals surface area (Å²) in [5.41, 5.74) is 3.01. The van der Waals surface area contributed by atoms with Crippen LogP contribution >= 0.6 is 11.6 Å². The van der Waals surface area contributed by atoms with Gasteiger partial charge in [0.25, 0.3) is 0 Å². The van der Waals surface area contributed by atoms with Gasteiger partial charge >= 0.3 is 0 Å². The maximum atomic E-state index is 13.6. The van der Waals surface area contributed by atoms with Gasteiger partial charge < -0.3 is 10.2 Å². The number of aryl methyl sites for hydroxylation is 1. The maximum absolute atomic E-state index is 13.6. The number of benzene rings is 3. The van der Waals surface area contributed by atoms with Crippen LogP contribution in [0.1, 0.15) is 37.0 Å². The van der Waals surface area contributed by atoms with Crippen molar-refractivity contribution in [1.82, 2.24) is 10.2 Å². The van der Waals surface area contributed by atoms with Gasteiger partial charge in [0, 0.05) is 31.0 Å². The van der Waals surface area contributed by atoms with Gasteiger partial charge in [0.05, 0.1) is 0 Å². The standard InChI is InChI=1S/C29H33ClN2O2/c1-22(2)20-31-29(34)27(19-24-12-7-4-8-13-24)32(21-25-14-9-15-26(30)18-25)28(33)17-16-23-10-5-3-6-11-23/h3-15,18,22,27H,16-17,19-21H2,1-2H3,(H,31,34). The van der Waals surface area contributed by atoms with E-state index in [2.05, 4.69) is 19.2 Å². The third-order valence-electron chi connectivity index (χ3n) is 5.67. The van der Waals surface area contributed by atoms with Crippen molar-refractivity contribution in [3.05, 3.63) is 107 Å². The summed E-state index contributed by atoms with van der Waals surface area (Å²) in [7, 11) is 0. The molecule has 3 aromatic rings. The summed E-state index contributed by atoms with van der Waals surface area (Å²) in [5.74, 6) is 0.133. The average Bonchev–Trinajstić information content (AvgIpc) is 2.84. The number of nitrogens with one attached hydrogen (secondary N) is 1. The summed E-state index contributed by atoms with van der Waals surface area (Å²) in [4.78, 5) is 28.7. The van der Waals surface area contributed by atoms with Crippen LogP contribution in [0.3, 0.4) is 0 Å². The quantitative estimate of drug-likeness (QED) is 0.386. The van der Waals surface area contributed by atoms with Crippen LogP contribution in [0.15, 0.2) is 84.9 Å². The Morgan fingerprint density at radius 3 is 2.09 bits per heavy atom. The summed E-state index contributed by atoms with van der Waals surface area (Å²) >= 11 is 6.22. The van der Waals surface area contributed by atoms with E-state index >= 15 is 0 Å². The lowest BCUT2D eigenvalue weighted by molar-refractivity contribution is -0.141. The van der Waals surface area contributed by atoms with Gasteiger partial charge in [0.1, 0.15) is 6.04 Å². The highest BCUT2D eigenvalue weighted by Crippen LogP contribution is 2.19. The minimum atomic E-state index is -0.622. The molecule has 5 heteroatoms. The molecule has 0 bridgehead atoms. The highest BCUT2D eigenvalue weighted by Gasteiger charge is 2.30. The van der Waals surface area contributed by atoms with Gasteiger partial charge in [-0.1, -0.05) is 98.2 Å². The van der Waals surface area contributed by atoms with Crippen molar-refractivity contribution in [2.45, 2.75) is 45.7 Å². The zero-order valence-corrected chi connectivity index (χ0v) is 20.7. The Hall–Kier alpha value is -3.11. The van der Waals surface area contributed by atoms with Gasteiger partial charge in [-0.15, -0.1) is 0 Å². The average molecular weight is 477 g/mol. The van der Waals surface area contributed by atoms with Crippen LogP contribution in [-0.2, 0) is 29.0 Å². The number of rotatable bonds is 11. The molecule has 2 amide bonds. The predicted octanol–water partition coefficient (Wildman–Crippen LogP) is 5.68. The Morgan fingerprint density at radius 1 is 0.853 bits per heavy atom. The molecule has 178 valence electrons. The number of amides is 2. The summed E-state index contributed by atoms with van der Waals surface area (Å²) < 4.78 is 0. The van der Waals surface area contributed by atoms with Crippen LogP contribution in [-0.4, -0.2) is 29.3 Å². The van der Waals surface area contributed by atoms with Crippen LogP contribution in [0.4, 0.5) is 0 Å². The van der Waals surface area contributed by atoms with E-state index in [9.17, 15) is 9.59 Å². The molecule has 0 spiro atoms. The van der Waals surface area contributed by atoms with Crippen LogP contribution in [0.25, 0.3) is 0 Å². The van der Waals surface area contributed by atoms with Gasteiger partial charge in [-0.05, 0) is 41.2 Å². The van der Waals surface area contributed by atoms with E-state index < -0.39 is 6.04 Å². The van der Waals surface area contributed by atoms with E-state index in [0.717, 1.165) is 16.7 Å². The molecule has 0 heterocycles. The van der Waals surface area contributed by atoms with Crippen LogP contribution in [0, 0.1) is 5.92 Å². The molecule has 3 aromatic carbocycles. The first-order chi connectivity index (χ1) is 16.4. The maximum Gasteiger partial charge on any atom is 0.243 e. The first kappa shape index (κ1) is 25.5. The van der Waals surface area contributed by atoms with Crippen molar-refractivity contribution in [2.75, 3.05) is 6.54 Å². The van der Waals surface area contributed by atoms with E-state index in [1.807, 2.05) is 84.9 Å². The largest absolute Gasteiger partial charge is 0.354 e. The molecule has 0 aliphatic heterocycles. The third kappa shape index (κ3) is 8.03. The second kappa shape index (κ2) is 13.0. The van der Waals surface area contributed by atoms with Gasteiger partial charge in [0.2, 0.25) is 11.8 Å². The molecule has 0 aliphatic carbocycles. The molecule has 1 atom stereocenters. The number of halogens is 1. The third-order valence-corrected chi connectivity index (χ3v) is 5.90. The van der Waals surface area contributed by atoms with Gasteiger partial charge in [-0.25, -0.2) is 0 Å². The summed E-state index contributed by atoms with van der Waals surface area (Å²) in [6.07, 6.45) is 1.40. The monoisotopic (exact) mass is 476 g/mol. The zero-order valence-electron chi connectivity index (χ0n) is 19.9. The van der Waals surface area contributed by atoms with Crippen LogP contribution < -0.4 is 5.32 Å². The van der Waals surface area contributed by atoms with Gasteiger partial charge in [0.15, 0.2) is 0 Å². The van der Waals surface area contributed by atoms with Gasteiger partial charge in [-0.2, -0.15) is 0 Å². The molecule has 0 saturated carbocycles. The Morgan fingerprint density at radius 2 is 1.47 bits per heavy atom. The second-order valence-corrected chi connectivity index (χ2v) is 9.42. The molecule has 1 unspecified atom stereocenters. The Labute approximate surface area is 207 Å². The second-order valence-electron chi connectivity index (χ2n) is 8.98. The normalized spacial score (nSPS) is 11.8. The molecular weight excluding hydrogens is 444 g/mol. The fourth-order valence-electron chi connectivity index (χ4n) is 3.85. The minimum Gasteiger partial charge on any atom is -0.354 e.